The third-order valence-electron chi connectivity index (χ3n) is 10.5. The minimum absolute atomic E-state index is 0.0743. The molecule has 0 heterocycles. The van der Waals surface area contributed by atoms with Gasteiger partial charge < -0.3 is 14.2 Å². The zero-order valence-corrected chi connectivity index (χ0v) is 38.6. The standard InChI is InChI=1S/C53H94O5/c1-4-7-10-13-16-19-22-24-25-26-27-28-30-33-36-39-42-45-48-56-49-51(58-53(55)47-44-41-38-35-31-21-18-15-12-9-6-3)50-57-52(54)46-43-40-37-34-32-29-23-20-17-14-11-8-5-2/h7,10,16,19-20,23-25,27-28,51H,4-6,8-9,11-15,17-18,21-22,26,29-50H2,1-3H3/b10-7-,19-16-,23-20-,25-24-,28-27-. The second kappa shape index (κ2) is 49.0. The third-order valence-corrected chi connectivity index (χ3v) is 10.5. The Morgan fingerprint density at radius 2 is 0.776 bits per heavy atom. The summed E-state index contributed by atoms with van der Waals surface area (Å²) >= 11 is 0. The Bertz CT molecular complexity index is 1010. The van der Waals surface area contributed by atoms with Crippen LogP contribution in [0.15, 0.2) is 60.8 Å². The smallest absolute Gasteiger partial charge is 0.306 e. The van der Waals surface area contributed by atoms with Crippen LogP contribution < -0.4 is 0 Å². The molecule has 5 heteroatoms. The van der Waals surface area contributed by atoms with Gasteiger partial charge in [-0.05, 0) is 83.5 Å². The van der Waals surface area contributed by atoms with Crippen molar-refractivity contribution in [1.29, 1.82) is 0 Å². The first kappa shape index (κ1) is 55.6. The average molecular weight is 811 g/mol. The van der Waals surface area contributed by atoms with Gasteiger partial charge in [0.15, 0.2) is 6.10 Å². The number of rotatable bonds is 45. The topological polar surface area (TPSA) is 61.8 Å². The molecule has 0 aromatic carbocycles. The van der Waals surface area contributed by atoms with Gasteiger partial charge in [-0.1, -0.05) is 204 Å². The molecule has 58 heavy (non-hydrogen) atoms. The van der Waals surface area contributed by atoms with E-state index >= 15 is 0 Å². The fourth-order valence-electron chi connectivity index (χ4n) is 6.85. The van der Waals surface area contributed by atoms with Crippen LogP contribution >= 0.6 is 0 Å². The highest BCUT2D eigenvalue weighted by Crippen LogP contribution is 2.14. The predicted molar refractivity (Wildman–Crippen MR) is 251 cm³/mol. The van der Waals surface area contributed by atoms with Crippen molar-refractivity contribution in [1.82, 2.24) is 0 Å². The Morgan fingerprint density at radius 1 is 0.397 bits per heavy atom. The summed E-state index contributed by atoms with van der Waals surface area (Å²) in [5.41, 5.74) is 0. The van der Waals surface area contributed by atoms with Crippen molar-refractivity contribution in [3.8, 4) is 0 Å². The number of hydrogen-bond donors (Lipinski definition) is 0. The molecule has 0 aliphatic carbocycles. The van der Waals surface area contributed by atoms with E-state index in [9.17, 15) is 9.59 Å². The van der Waals surface area contributed by atoms with Crippen LogP contribution in [0, 0.1) is 0 Å². The molecule has 0 saturated heterocycles. The summed E-state index contributed by atoms with van der Waals surface area (Å²) in [7, 11) is 0. The van der Waals surface area contributed by atoms with Crippen molar-refractivity contribution in [3.63, 3.8) is 0 Å². The van der Waals surface area contributed by atoms with Crippen LogP contribution in [-0.2, 0) is 23.8 Å². The van der Waals surface area contributed by atoms with Gasteiger partial charge in [0, 0.05) is 19.4 Å². The lowest BCUT2D eigenvalue weighted by molar-refractivity contribution is -0.163. The molecule has 0 saturated carbocycles. The van der Waals surface area contributed by atoms with Gasteiger partial charge in [-0.2, -0.15) is 0 Å². The molecule has 0 bridgehead atoms. The Labute approximate surface area is 360 Å². The second-order valence-corrected chi connectivity index (χ2v) is 16.3. The van der Waals surface area contributed by atoms with Crippen LogP contribution in [-0.4, -0.2) is 37.9 Å². The molecular formula is C53H94O5. The maximum Gasteiger partial charge on any atom is 0.306 e. The van der Waals surface area contributed by atoms with E-state index in [1.807, 2.05) is 0 Å². The van der Waals surface area contributed by atoms with Crippen molar-refractivity contribution in [3.05, 3.63) is 60.8 Å². The first-order valence-electron chi connectivity index (χ1n) is 24.8. The lowest BCUT2D eigenvalue weighted by Crippen LogP contribution is -2.30. The van der Waals surface area contributed by atoms with Gasteiger partial charge in [0.1, 0.15) is 6.61 Å². The van der Waals surface area contributed by atoms with Crippen molar-refractivity contribution in [2.24, 2.45) is 0 Å². The Hall–Kier alpha value is -2.40. The molecule has 0 N–H and O–H groups in total. The molecule has 0 amide bonds. The maximum absolute atomic E-state index is 12.7. The van der Waals surface area contributed by atoms with Crippen LogP contribution in [0.4, 0.5) is 0 Å². The van der Waals surface area contributed by atoms with Gasteiger partial charge in [0.25, 0.3) is 0 Å². The van der Waals surface area contributed by atoms with E-state index in [0.717, 1.165) is 83.5 Å². The quantitative estimate of drug-likeness (QED) is 0.0348. The molecule has 0 aliphatic rings. The van der Waals surface area contributed by atoms with Gasteiger partial charge in [-0.15, -0.1) is 0 Å². The highest BCUT2D eigenvalue weighted by molar-refractivity contribution is 5.70. The molecule has 0 aliphatic heterocycles. The zero-order chi connectivity index (χ0) is 42.1. The number of hydrogen-bond acceptors (Lipinski definition) is 5. The van der Waals surface area contributed by atoms with E-state index in [-0.39, 0.29) is 25.2 Å². The highest BCUT2D eigenvalue weighted by Gasteiger charge is 2.17. The number of allylic oxidation sites excluding steroid dienone is 10. The van der Waals surface area contributed by atoms with E-state index in [1.54, 1.807) is 0 Å². The van der Waals surface area contributed by atoms with E-state index < -0.39 is 6.10 Å². The van der Waals surface area contributed by atoms with Crippen LogP contribution in [0.3, 0.4) is 0 Å². The van der Waals surface area contributed by atoms with Crippen LogP contribution in [0.1, 0.15) is 239 Å². The fraction of sp³-hybridized carbons (Fsp3) is 0.774. The summed E-state index contributed by atoms with van der Waals surface area (Å²) < 4.78 is 17.3. The first-order valence-corrected chi connectivity index (χ1v) is 24.8. The molecule has 0 spiro atoms. The monoisotopic (exact) mass is 811 g/mol. The van der Waals surface area contributed by atoms with Gasteiger partial charge >= 0.3 is 11.9 Å². The molecule has 1 unspecified atom stereocenters. The molecule has 0 rings (SSSR count). The second-order valence-electron chi connectivity index (χ2n) is 16.3. The molecule has 0 fully saturated rings. The predicted octanol–water partition coefficient (Wildman–Crippen LogP) is 16.6. The third kappa shape index (κ3) is 46.3. The molecule has 5 nitrogen and oxygen atoms in total. The minimum Gasteiger partial charge on any atom is -0.462 e. The number of ether oxygens (including phenoxy) is 3. The van der Waals surface area contributed by atoms with Gasteiger partial charge in [0.2, 0.25) is 0 Å². The highest BCUT2D eigenvalue weighted by atomic mass is 16.6. The molecule has 0 aromatic heterocycles. The van der Waals surface area contributed by atoms with Gasteiger partial charge in [-0.3, -0.25) is 9.59 Å². The summed E-state index contributed by atoms with van der Waals surface area (Å²) in [6.45, 7) is 7.66. The largest absolute Gasteiger partial charge is 0.462 e. The van der Waals surface area contributed by atoms with Crippen LogP contribution in [0.2, 0.25) is 0 Å². The Morgan fingerprint density at radius 3 is 1.28 bits per heavy atom. The maximum atomic E-state index is 12.7. The number of carbonyl (C=O) groups excluding carboxylic acids is 2. The summed E-state index contributed by atoms with van der Waals surface area (Å²) in [4.78, 5) is 25.3. The normalized spacial score (nSPS) is 12.7. The summed E-state index contributed by atoms with van der Waals surface area (Å²) in [6, 6.07) is 0. The van der Waals surface area contributed by atoms with Gasteiger partial charge in [0.05, 0.1) is 6.61 Å². The minimum atomic E-state index is -0.546. The molecule has 1 atom stereocenters. The number of unbranched alkanes of at least 4 members (excludes halogenated alkanes) is 24. The van der Waals surface area contributed by atoms with Crippen LogP contribution in [0.5, 0.6) is 0 Å². The van der Waals surface area contributed by atoms with Crippen molar-refractivity contribution in [2.45, 2.75) is 245 Å². The molecule has 0 radical (unpaired) electrons. The summed E-state index contributed by atoms with van der Waals surface area (Å²) in [5.74, 6) is -0.414. The van der Waals surface area contributed by atoms with E-state index in [4.69, 9.17) is 14.2 Å². The van der Waals surface area contributed by atoms with E-state index in [1.165, 1.54) is 122 Å². The van der Waals surface area contributed by atoms with E-state index in [0.29, 0.717) is 19.4 Å². The molecular weight excluding hydrogens is 717 g/mol. The fourth-order valence-corrected chi connectivity index (χ4v) is 6.85. The SMILES string of the molecule is CC/C=C\C/C=C\C/C=C\C/C=C\CCCCCCCOCC(COC(=O)CCCCCCC/C=C\CCCCCC)OC(=O)CCCCCCCCCCCCC. The van der Waals surface area contributed by atoms with Gasteiger partial charge in [-0.25, -0.2) is 0 Å². The van der Waals surface area contributed by atoms with E-state index in [2.05, 4.69) is 81.5 Å². The van der Waals surface area contributed by atoms with Crippen LogP contribution in [0.25, 0.3) is 0 Å². The summed E-state index contributed by atoms with van der Waals surface area (Å²) in [5, 5.41) is 0. The average Bonchev–Trinajstić information content (AvgIpc) is 3.22. The van der Waals surface area contributed by atoms with Crippen molar-refractivity contribution >= 4 is 11.9 Å². The van der Waals surface area contributed by atoms with Crippen molar-refractivity contribution in [2.75, 3.05) is 19.8 Å². The number of esters is 2. The Kier molecular flexibility index (Phi) is 46.9. The molecule has 0 aromatic rings. The molecule has 336 valence electrons. The lowest BCUT2D eigenvalue weighted by Gasteiger charge is -2.18. The Balaban J connectivity index is 4.28. The lowest BCUT2D eigenvalue weighted by atomic mass is 10.1. The zero-order valence-electron chi connectivity index (χ0n) is 38.6. The number of carbonyl (C=O) groups is 2. The summed E-state index contributed by atoms with van der Waals surface area (Å²) in [6.07, 6.45) is 60.8. The van der Waals surface area contributed by atoms with Crippen molar-refractivity contribution < 1.29 is 23.8 Å². The first-order chi connectivity index (χ1) is 28.6.